The Morgan fingerprint density at radius 2 is 2.00 bits per heavy atom. The third-order valence-corrected chi connectivity index (χ3v) is 4.85. The van der Waals surface area contributed by atoms with Crippen molar-refractivity contribution in [3.05, 3.63) is 39.8 Å². The summed E-state index contributed by atoms with van der Waals surface area (Å²) in [5.74, 6) is -0.205. The van der Waals surface area contributed by atoms with Gasteiger partial charge >= 0.3 is 0 Å². The highest BCUT2D eigenvalue weighted by atomic mass is 32.1. The zero-order chi connectivity index (χ0) is 18.2. The monoisotopic (exact) mass is 360 g/mol. The molecule has 0 saturated heterocycles. The molecular weight excluding hydrogens is 336 g/mol. The summed E-state index contributed by atoms with van der Waals surface area (Å²) < 4.78 is 0. The van der Waals surface area contributed by atoms with E-state index in [1.807, 2.05) is 45.0 Å². The second-order valence-corrected chi connectivity index (χ2v) is 7.06. The van der Waals surface area contributed by atoms with Gasteiger partial charge in [-0.2, -0.15) is 0 Å². The van der Waals surface area contributed by atoms with Crippen LogP contribution in [0.2, 0.25) is 0 Å². The van der Waals surface area contributed by atoms with Crippen LogP contribution in [0.4, 0.5) is 5.69 Å². The number of aryl methyl sites for hydroxylation is 2. The fraction of sp³-hybridized carbons (Fsp3) is 0.444. The molecular formula is C18H24N4O2S. The van der Waals surface area contributed by atoms with E-state index in [9.17, 15) is 9.59 Å². The molecule has 0 radical (unpaired) electrons. The van der Waals surface area contributed by atoms with Gasteiger partial charge in [-0.25, -0.2) is 0 Å². The van der Waals surface area contributed by atoms with E-state index in [4.69, 9.17) is 0 Å². The predicted molar refractivity (Wildman–Crippen MR) is 99.9 cm³/mol. The van der Waals surface area contributed by atoms with Crippen molar-refractivity contribution in [2.24, 2.45) is 0 Å². The first kappa shape index (κ1) is 19.1. The number of nitrogens with one attached hydrogen (secondary N) is 2. The van der Waals surface area contributed by atoms with Crippen molar-refractivity contribution in [3.8, 4) is 0 Å². The van der Waals surface area contributed by atoms with Gasteiger partial charge in [-0.3, -0.25) is 9.59 Å². The minimum absolute atomic E-state index is 0.0522. The van der Waals surface area contributed by atoms with Crippen molar-refractivity contribution in [1.82, 2.24) is 15.5 Å². The molecule has 25 heavy (non-hydrogen) atoms. The Morgan fingerprint density at radius 3 is 2.72 bits per heavy atom. The van der Waals surface area contributed by atoms with E-state index in [2.05, 4.69) is 20.8 Å². The van der Waals surface area contributed by atoms with Gasteiger partial charge in [0, 0.05) is 24.6 Å². The lowest BCUT2D eigenvalue weighted by Crippen LogP contribution is -2.31. The Kier molecular flexibility index (Phi) is 7.06. The molecule has 2 amide bonds. The number of nitrogens with zero attached hydrogens (tertiary/aromatic N) is 2. The largest absolute Gasteiger partial charge is 0.354 e. The second kappa shape index (κ2) is 9.27. The van der Waals surface area contributed by atoms with Gasteiger partial charge in [-0.1, -0.05) is 36.5 Å². The van der Waals surface area contributed by atoms with Crippen molar-refractivity contribution >= 4 is 28.8 Å². The van der Waals surface area contributed by atoms with Gasteiger partial charge in [-0.15, -0.1) is 10.2 Å². The lowest BCUT2D eigenvalue weighted by molar-refractivity contribution is -0.121. The zero-order valence-corrected chi connectivity index (χ0v) is 15.7. The molecule has 2 rings (SSSR count). The summed E-state index contributed by atoms with van der Waals surface area (Å²) in [6.07, 6.45) is 2.70. The van der Waals surface area contributed by atoms with Crippen LogP contribution in [0.1, 0.15) is 53.5 Å². The average molecular weight is 360 g/mol. The molecule has 0 bridgehead atoms. The highest BCUT2D eigenvalue weighted by Gasteiger charge is 2.14. The number of benzene rings is 1. The van der Waals surface area contributed by atoms with Crippen molar-refractivity contribution in [2.75, 3.05) is 5.32 Å². The maximum Gasteiger partial charge on any atom is 0.286 e. The Labute approximate surface area is 152 Å². The third-order valence-electron chi connectivity index (χ3n) is 3.87. The van der Waals surface area contributed by atoms with Crippen LogP contribution in [0.15, 0.2) is 24.3 Å². The molecule has 0 aliphatic carbocycles. The van der Waals surface area contributed by atoms with Gasteiger partial charge in [0.25, 0.3) is 5.91 Å². The number of carbonyl (C=O) groups excluding carboxylic acids is 2. The molecule has 0 unspecified atom stereocenters. The Balaban J connectivity index is 1.82. The van der Waals surface area contributed by atoms with Crippen LogP contribution in [0, 0.1) is 6.92 Å². The van der Waals surface area contributed by atoms with Crippen LogP contribution < -0.4 is 10.6 Å². The number of carbonyl (C=O) groups is 2. The van der Waals surface area contributed by atoms with Gasteiger partial charge in [0.05, 0.1) is 0 Å². The van der Waals surface area contributed by atoms with E-state index in [-0.39, 0.29) is 17.9 Å². The Hall–Kier alpha value is -2.28. The molecule has 2 N–H and O–H groups in total. The maximum absolute atomic E-state index is 12.2. The zero-order valence-electron chi connectivity index (χ0n) is 14.8. The highest BCUT2D eigenvalue weighted by molar-refractivity contribution is 7.13. The summed E-state index contributed by atoms with van der Waals surface area (Å²) in [6.45, 7) is 5.96. The lowest BCUT2D eigenvalue weighted by Gasteiger charge is -2.10. The van der Waals surface area contributed by atoms with Crippen LogP contribution in [0.25, 0.3) is 0 Å². The van der Waals surface area contributed by atoms with Crippen molar-refractivity contribution in [3.63, 3.8) is 0 Å². The molecule has 0 spiro atoms. The number of rotatable bonds is 8. The van der Waals surface area contributed by atoms with Crippen LogP contribution >= 0.6 is 11.3 Å². The van der Waals surface area contributed by atoms with E-state index in [1.54, 1.807) is 0 Å². The fourth-order valence-corrected chi connectivity index (χ4v) is 2.96. The van der Waals surface area contributed by atoms with E-state index >= 15 is 0 Å². The maximum atomic E-state index is 12.2. The first-order valence-corrected chi connectivity index (χ1v) is 9.30. The fourth-order valence-electron chi connectivity index (χ4n) is 2.18. The topological polar surface area (TPSA) is 84.0 Å². The van der Waals surface area contributed by atoms with Crippen LogP contribution in [-0.4, -0.2) is 28.1 Å². The van der Waals surface area contributed by atoms with Gasteiger partial charge in [-0.05, 0) is 38.3 Å². The minimum atomic E-state index is -0.257. The molecule has 0 aliphatic heterocycles. The van der Waals surface area contributed by atoms with Gasteiger partial charge in [0.2, 0.25) is 10.9 Å². The second-order valence-electron chi connectivity index (χ2n) is 6.00. The normalized spacial score (nSPS) is 11.8. The molecule has 1 heterocycles. The number of para-hydroxylation sites is 1. The smallest absolute Gasteiger partial charge is 0.286 e. The molecule has 1 aromatic carbocycles. The third kappa shape index (κ3) is 5.94. The molecule has 2 aromatic rings. The van der Waals surface area contributed by atoms with Gasteiger partial charge < -0.3 is 10.6 Å². The molecule has 1 atom stereocenters. The van der Waals surface area contributed by atoms with Crippen LogP contribution in [0.3, 0.4) is 0 Å². The first-order valence-electron chi connectivity index (χ1n) is 8.48. The number of aromatic nitrogens is 2. The minimum Gasteiger partial charge on any atom is -0.354 e. The quantitative estimate of drug-likeness (QED) is 0.756. The summed E-state index contributed by atoms with van der Waals surface area (Å²) in [5, 5.41) is 14.9. The molecule has 1 aromatic heterocycles. The van der Waals surface area contributed by atoms with Crippen molar-refractivity contribution < 1.29 is 9.59 Å². The van der Waals surface area contributed by atoms with Crippen molar-refractivity contribution in [1.29, 1.82) is 0 Å². The van der Waals surface area contributed by atoms with E-state index < -0.39 is 0 Å². The summed E-state index contributed by atoms with van der Waals surface area (Å²) in [6, 6.07) is 7.78. The standard InChI is InChI=1S/C18H24N4O2S/c1-4-13(3)19-15(23)10-7-11-16-21-22-18(25-16)17(24)20-14-9-6-5-8-12(14)2/h5-6,8-9,13H,4,7,10-11H2,1-3H3,(H,19,23)(H,20,24)/t13-/m1/s1. The van der Waals surface area contributed by atoms with Crippen LogP contribution in [0.5, 0.6) is 0 Å². The number of amides is 2. The van der Waals surface area contributed by atoms with Crippen LogP contribution in [-0.2, 0) is 11.2 Å². The van der Waals surface area contributed by atoms with E-state index in [0.717, 1.165) is 22.7 Å². The molecule has 7 heteroatoms. The molecule has 0 saturated carbocycles. The molecule has 134 valence electrons. The molecule has 6 nitrogen and oxygen atoms in total. The summed E-state index contributed by atoms with van der Waals surface area (Å²) in [7, 11) is 0. The number of hydrogen-bond donors (Lipinski definition) is 2. The van der Waals surface area contributed by atoms with Gasteiger partial charge in [0.15, 0.2) is 0 Å². The average Bonchev–Trinajstić information content (AvgIpc) is 3.05. The Morgan fingerprint density at radius 1 is 1.24 bits per heavy atom. The molecule has 0 aliphatic rings. The summed E-state index contributed by atoms with van der Waals surface area (Å²) in [4.78, 5) is 24.0. The number of hydrogen-bond acceptors (Lipinski definition) is 5. The first-order chi connectivity index (χ1) is 12.0. The summed E-state index contributed by atoms with van der Waals surface area (Å²) >= 11 is 1.27. The van der Waals surface area contributed by atoms with E-state index in [0.29, 0.717) is 24.3 Å². The molecule has 0 fully saturated rings. The highest BCUT2D eigenvalue weighted by Crippen LogP contribution is 2.17. The lowest BCUT2D eigenvalue weighted by atomic mass is 10.2. The van der Waals surface area contributed by atoms with Gasteiger partial charge in [0.1, 0.15) is 5.01 Å². The number of anilines is 1. The van der Waals surface area contributed by atoms with E-state index in [1.165, 1.54) is 11.3 Å². The van der Waals surface area contributed by atoms with Crippen molar-refractivity contribution in [2.45, 2.75) is 52.5 Å². The Bertz CT molecular complexity index is 729. The SMILES string of the molecule is CC[C@@H](C)NC(=O)CCCc1nnc(C(=O)Nc2ccccc2C)s1. The predicted octanol–water partition coefficient (Wildman–Crippen LogP) is 3.34. The summed E-state index contributed by atoms with van der Waals surface area (Å²) in [5.41, 5.74) is 1.76.